The van der Waals surface area contributed by atoms with Crippen molar-refractivity contribution in [2.24, 2.45) is 5.73 Å². The molecule has 1 fully saturated rings. The van der Waals surface area contributed by atoms with Gasteiger partial charge >= 0.3 is 0 Å². The molecular weight excluding hydrogens is 194 g/mol. The van der Waals surface area contributed by atoms with Crippen molar-refractivity contribution >= 4 is 11.8 Å². The highest BCUT2D eigenvalue weighted by Gasteiger charge is 2.22. The summed E-state index contributed by atoms with van der Waals surface area (Å²) in [5.74, 6) is -0.0109. The molecule has 1 atom stereocenters. The summed E-state index contributed by atoms with van der Waals surface area (Å²) in [5, 5.41) is 2.88. The van der Waals surface area contributed by atoms with E-state index in [9.17, 15) is 9.59 Å². The summed E-state index contributed by atoms with van der Waals surface area (Å²) >= 11 is 0. The number of nitrogens with zero attached hydrogens (tertiary/aromatic N) is 1. The van der Waals surface area contributed by atoms with Gasteiger partial charge in [-0.1, -0.05) is 0 Å². The van der Waals surface area contributed by atoms with Crippen molar-refractivity contribution in [3.05, 3.63) is 0 Å². The zero-order valence-corrected chi connectivity index (χ0v) is 9.32. The summed E-state index contributed by atoms with van der Waals surface area (Å²) in [5.41, 5.74) is 5.45. The van der Waals surface area contributed by atoms with Gasteiger partial charge in [0, 0.05) is 26.1 Å². The van der Waals surface area contributed by atoms with Crippen molar-refractivity contribution in [3.63, 3.8) is 0 Å². The largest absolute Gasteiger partial charge is 0.352 e. The predicted octanol–water partition coefficient (Wildman–Crippen LogP) is -0.539. The third-order valence-corrected chi connectivity index (χ3v) is 2.70. The van der Waals surface area contributed by atoms with Gasteiger partial charge in [-0.15, -0.1) is 0 Å². The van der Waals surface area contributed by atoms with Crippen molar-refractivity contribution in [1.29, 1.82) is 0 Å². The molecule has 0 aromatic heterocycles. The van der Waals surface area contributed by atoms with Crippen LogP contribution in [0.4, 0.5) is 0 Å². The van der Waals surface area contributed by atoms with Gasteiger partial charge in [-0.3, -0.25) is 9.59 Å². The second-order valence-corrected chi connectivity index (χ2v) is 4.08. The number of rotatable bonds is 2. The average Bonchev–Trinajstić information content (AvgIpc) is 2.18. The fourth-order valence-corrected chi connectivity index (χ4v) is 1.67. The molecule has 0 bridgehead atoms. The SMILES string of the molecule is CC(=O)N1CCC(NC(=O)[C@@H](C)N)CC1. The van der Waals surface area contributed by atoms with Crippen LogP contribution in [0.1, 0.15) is 26.7 Å². The van der Waals surface area contributed by atoms with Gasteiger partial charge < -0.3 is 16.0 Å². The number of hydrogen-bond donors (Lipinski definition) is 2. The number of nitrogens with two attached hydrogens (primary N) is 1. The summed E-state index contributed by atoms with van der Waals surface area (Å²) in [4.78, 5) is 24.2. The van der Waals surface area contributed by atoms with Crippen LogP contribution in [0.15, 0.2) is 0 Å². The topological polar surface area (TPSA) is 75.4 Å². The molecule has 86 valence electrons. The fraction of sp³-hybridized carbons (Fsp3) is 0.800. The van der Waals surface area contributed by atoms with Crippen LogP contribution in [0.3, 0.4) is 0 Å². The molecular formula is C10H19N3O2. The van der Waals surface area contributed by atoms with E-state index in [0.717, 1.165) is 25.9 Å². The fourth-order valence-electron chi connectivity index (χ4n) is 1.67. The van der Waals surface area contributed by atoms with Crippen molar-refractivity contribution in [3.8, 4) is 0 Å². The minimum Gasteiger partial charge on any atom is -0.352 e. The van der Waals surface area contributed by atoms with E-state index < -0.39 is 6.04 Å². The van der Waals surface area contributed by atoms with Gasteiger partial charge in [-0.2, -0.15) is 0 Å². The molecule has 0 unspecified atom stereocenters. The van der Waals surface area contributed by atoms with E-state index in [0.29, 0.717) is 0 Å². The molecule has 1 rings (SSSR count). The number of piperidine rings is 1. The van der Waals surface area contributed by atoms with Gasteiger partial charge in [0.25, 0.3) is 0 Å². The van der Waals surface area contributed by atoms with E-state index in [1.807, 2.05) is 0 Å². The number of hydrogen-bond acceptors (Lipinski definition) is 3. The molecule has 15 heavy (non-hydrogen) atoms. The number of carbonyl (C=O) groups is 2. The molecule has 0 spiro atoms. The van der Waals surface area contributed by atoms with Crippen LogP contribution in [0.25, 0.3) is 0 Å². The molecule has 3 N–H and O–H groups in total. The molecule has 0 aromatic rings. The second kappa shape index (κ2) is 5.11. The first-order valence-corrected chi connectivity index (χ1v) is 5.32. The van der Waals surface area contributed by atoms with E-state index in [1.165, 1.54) is 0 Å². The first-order valence-electron chi connectivity index (χ1n) is 5.32. The summed E-state index contributed by atoms with van der Waals surface area (Å²) in [6.07, 6.45) is 1.64. The molecule has 1 aliphatic heterocycles. The Bertz CT molecular complexity index is 245. The van der Waals surface area contributed by atoms with Gasteiger partial charge in [-0.05, 0) is 19.8 Å². The maximum Gasteiger partial charge on any atom is 0.236 e. The average molecular weight is 213 g/mol. The number of amides is 2. The molecule has 1 aliphatic rings. The van der Waals surface area contributed by atoms with Crippen LogP contribution in [0.5, 0.6) is 0 Å². The van der Waals surface area contributed by atoms with Gasteiger partial charge in [0.2, 0.25) is 11.8 Å². The Balaban J connectivity index is 2.32. The molecule has 1 heterocycles. The Labute approximate surface area is 90.0 Å². The van der Waals surface area contributed by atoms with E-state index in [1.54, 1.807) is 18.7 Å². The third-order valence-electron chi connectivity index (χ3n) is 2.70. The maximum absolute atomic E-state index is 11.3. The van der Waals surface area contributed by atoms with Crippen LogP contribution >= 0.6 is 0 Å². The molecule has 0 aliphatic carbocycles. The first kappa shape index (κ1) is 12.0. The Morgan fingerprint density at radius 1 is 1.40 bits per heavy atom. The Kier molecular flexibility index (Phi) is 4.08. The highest BCUT2D eigenvalue weighted by molar-refractivity contribution is 5.81. The van der Waals surface area contributed by atoms with Gasteiger partial charge in [-0.25, -0.2) is 0 Å². The van der Waals surface area contributed by atoms with Crippen molar-refractivity contribution < 1.29 is 9.59 Å². The van der Waals surface area contributed by atoms with Gasteiger partial charge in [0.1, 0.15) is 0 Å². The zero-order valence-electron chi connectivity index (χ0n) is 9.32. The minimum atomic E-state index is -0.462. The van der Waals surface area contributed by atoms with E-state index in [-0.39, 0.29) is 17.9 Å². The molecule has 2 amide bonds. The van der Waals surface area contributed by atoms with Crippen LogP contribution < -0.4 is 11.1 Å². The number of nitrogens with one attached hydrogen (secondary N) is 1. The lowest BCUT2D eigenvalue weighted by Gasteiger charge is -2.32. The number of likely N-dealkylation sites (tertiary alicyclic amines) is 1. The second-order valence-electron chi connectivity index (χ2n) is 4.08. The monoisotopic (exact) mass is 213 g/mol. The van der Waals surface area contributed by atoms with Crippen LogP contribution in [-0.4, -0.2) is 41.9 Å². The molecule has 0 saturated carbocycles. The standard InChI is InChI=1S/C10H19N3O2/c1-7(11)10(15)12-9-3-5-13(6-4-9)8(2)14/h7,9H,3-6,11H2,1-2H3,(H,12,15)/t7-/m1/s1. The van der Waals surface area contributed by atoms with E-state index in [2.05, 4.69) is 5.32 Å². The lowest BCUT2D eigenvalue weighted by molar-refractivity contribution is -0.130. The van der Waals surface area contributed by atoms with E-state index in [4.69, 9.17) is 5.73 Å². The van der Waals surface area contributed by atoms with Crippen LogP contribution in [0.2, 0.25) is 0 Å². The highest BCUT2D eigenvalue weighted by Crippen LogP contribution is 2.10. The Hall–Kier alpha value is -1.10. The molecule has 5 heteroatoms. The summed E-state index contributed by atoms with van der Waals surface area (Å²) in [6.45, 7) is 4.68. The van der Waals surface area contributed by atoms with Crippen LogP contribution in [-0.2, 0) is 9.59 Å². The normalized spacial score (nSPS) is 19.8. The lowest BCUT2D eigenvalue weighted by atomic mass is 10.0. The van der Waals surface area contributed by atoms with Crippen molar-refractivity contribution in [2.75, 3.05) is 13.1 Å². The number of carbonyl (C=O) groups excluding carboxylic acids is 2. The van der Waals surface area contributed by atoms with E-state index >= 15 is 0 Å². The van der Waals surface area contributed by atoms with Crippen molar-refractivity contribution in [2.45, 2.75) is 38.8 Å². The zero-order chi connectivity index (χ0) is 11.4. The van der Waals surface area contributed by atoms with Crippen LogP contribution in [0, 0.1) is 0 Å². The first-order chi connectivity index (χ1) is 7.00. The van der Waals surface area contributed by atoms with Crippen molar-refractivity contribution in [1.82, 2.24) is 10.2 Å². The summed E-state index contributed by atoms with van der Waals surface area (Å²) in [7, 11) is 0. The van der Waals surface area contributed by atoms with Gasteiger partial charge in [0.05, 0.1) is 6.04 Å². The minimum absolute atomic E-state index is 0.104. The molecule has 5 nitrogen and oxygen atoms in total. The van der Waals surface area contributed by atoms with Gasteiger partial charge in [0.15, 0.2) is 0 Å². The molecule has 0 radical (unpaired) electrons. The Morgan fingerprint density at radius 3 is 2.33 bits per heavy atom. The summed E-state index contributed by atoms with van der Waals surface area (Å²) < 4.78 is 0. The lowest BCUT2D eigenvalue weighted by Crippen LogP contribution is -2.49. The summed E-state index contributed by atoms with van der Waals surface area (Å²) in [6, 6.07) is -0.296. The molecule has 1 saturated heterocycles. The smallest absolute Gasteiger partial charge is 0.236 e. The maximum atomic E-state index is 11.3. The third kappa shape index (κ3) is 3.51. The molecule has 0 aromatic carbocycles. The Morgan fingerprint density at radius 2 is 1.93 bits per heavy atom. The highest BCUT2D eigenvalue weighted by atomic mass is 16.2. The predicted molar refractivity (Wildman–Crippen MR) is 57.1 cm³/mol. The quantitative estimate of drug-likeness (QED) is 0.647.